The summed E-state index contributed by atoms with van der Waals surface area (Å²) in [6.45, 7) is 2.96. The Morgan fingerprint density at radius 2 is 1.85 bits per heavy atom. The Bertz CT molecular complexity index is 876. The van der Waals surface area contributed by atoms with Gasteiger partial charge < -0.3 is 10.1 Å². The third kappa shape index (κ3) is 4.94. The third-order valence-electron chi connectivity index (χ3n) is 4.19. The van der Waals surface area contributed by atoms with Crippen LogP contribution in [0.25, 0.3) is 5.69 Å². The van der Waals surface area contributed by atoms with Crippen molar-refractivity contribution >= 4 is 5.91 Å². The van der Waals surface area contributed by atoms with Gasteiger partial charge in [0.25, 0.3) is 5.91 Å². The smallest absolute Gasteiger partial charge is 0.254 e. The molecule has 0 spiro atoms. The number of nitrogens with one attached hydrogen (secondary N) is 1. The van der Waals surface area contributed by atoms with Gasteiger partial charge in [-0.2, -0.15) is 5.10 Å². The van der Waals surface area contributed by atoms with Gasteiger partial charge in [0.15, 0.2) is 0 Å². The van der Waals surface area contributed by atoms with Crippen molar-refractivity contribution in [2.75, 3.05) is 13.2 Å². The number of para-hydroxylation sites is 1. The van der Waals surface area contributed by atoms with Crippen LogP contribution in [0.3, 0.4) is 0 Å². The number of rotatable bonds is 8. The van der Waals surface area contributed by atoms with Gasteiger partial charge in [-0.3, -0.25) is 4.79 Å². The number of nitrogens with zero attached hydrogens (tertiary/aromatic N) is 2. The van der Waals surface area contributed by atoms with Crippen molar-refractivity contribution in [3.05, 3.63) is 77.9 Å². The molecular formula is C21H22FN3O2. The van der Waals surface area contributed by atoms with Crippen molar-refractivity contribution in [2.24, 2.45) is 0 Å². The molecule has 0 fully saturated rings. The summed E-state index contributed by atoms with van der Waals surface area (Å²) >= 11 is 0. The lowest BCUT2D eigenvalue weighted by Crippen LogP contribution is -2.25. The molecule has 140 valence electrons. The van der Waals surface area contributed by atoms with E-state index in [0.29, 0.717) is 24.5 Å². The van der Waals surface area contributed by atoms with Crippen LogP contribution in [-0.4, -0.2) is 28.8 Å². The number of hydrogen-bond donors (Lipinski definition) is 1. The second-order valence-corrected chi connectivity index (χ2v) is 6.16. The maximum Gasteiger partial charge on any atom is 0.254 e. The monoisotopic (exact) mass is 367 g/mol. The van der Waals surface area contributed by atoms with E-state index in [4.69, 9.17) is 4.74 Å². The highest BCUT2D eigenvalue weighted by Gasteiger charge is 2.14. The molecule has 1 amide bonds. The highest BCUT2D eigenvalue weighted by atomic mass is 19.1. The molecule has 0 saturated heterocycles. The zero-order valence-electron chi connectivity index (χ0n) is 15.2. The SMILES string of the molecule is Cc1c(C(=O)NCCCCOc2ccc(F)cc2)cnn1-c1ccccc1. The van der Waals surface area contributed by atoms with Crippen LogP contribution < -0.4 is 10.1 Å². The number of halogens is 1. The van der Waals surface area contributed by atoms with Gasteiger partial charge >= 0.3 is 0 Å². The lowest BCUT2D eigenvalue weighted by molar-refractivity contribution is 0.0951. The summed E-state index contributed by atoms with van der Waals surface area (Å²) in [6.07, 6.45) is 3.17. The summed E-state index contributed by atoms with van der Waals surface area (Å²) in [4.78, 5) is 12.4. The second-order valence-electron chi connectivity index (χ2n) is 6.16. The molecule has 27 heavy (non-hydrogen) atoms. The Morgan fingerprint density at radius 1 is 1.11 bits per heavy atom. The lowest BCUT2D eigenvalue weighted by atomic mass is 10.2. The Kier molecular flexibility index (Phi) is 6.20. The number of unbranched alkanes of at least 4 members (excludes halogenated alkanes) is 1. The van der Waals surface area contributed by atoms with E-state index in [-0.39, 0.29) is 11.7 Å². The van der Waals surface area contributed by atoms with Crippen LogP contribution in [0.2, 0.25) is 0 Å². The number of hydrogen-bond acceptors (Lipinski definition) is 3. The quantitative estimate of drug-likeness (QED) is 0.614. The zero-order valence-corrected chi connectivity index (χ0v) is 15.2. The van der Waals surface area contributed by atoms with Crippen LogP contribution in [0, 0.1) is 12.7 Å². The van der Waals surface area contributed by atoms with Gasteiger partial charge in [-0.05, 0) is 56.2 Å². The van der Waals surface area contributed by atoms with Crippen LogP contribution in [0.15, 0.2) is 60.8 Å². The average Bonchev–Trinajstić information content (AvgIpc) is 3.08. The molecular weight excluding hydrogens is 345 g/mol. The van der Waals surface area contributed by atoms with Crippen LogP contribution >= 0.6 is 0 Å². The molecule has 0 aliphatic carbocycles. The molecule has 3 aromatic rings. The molecule has 2 aromatic carbocycles. The van der Waals surface area contributed by atoms with E-state index in [1.54, 1.807) is 23.0 Å². The Labute approximate surface area is 157 Å². The number of aromatic nitrogens is 2. The summed E-state index contributed by atoms with van der Waals surface area (Å²) in [5, 5.41) is 7.23. The number of amides is 1. The minimum absolute atomic E-state index is 0.130. The molecule has 1 N–H and O–H groups in total. The molecule has 0 aliphatic rings. The van der Waals surface area contributed by atoms with Crippen molar-refractivity contribution in [2.45, 2.75) is 19.8 Å². The first-order valence-electron chi connectivity index (χ1n) is 8.92. The van der Waals surface area contributed by atoms with Gasteiger partial charge in [0.1, 0.15) is 11.6 Å². The molecule has 0 saturated carbocycles. The number of carbonyl (C=O) groups is 1. The number of ether oxygens (including phenoxy) is 1. The van der Waals surface area contributed by atoms with Gasteiger partial charge in [-0.15, -0.1) is 0 Å². The molecule has 5 nitrogen and oxygen atoms in total. The van der Waals surface area contributed by atoms with Gasteiger partial charge in [-0.1, -0.05) is 18.2 Å². The highest BCUT2D eigenvalue weighted by Crippen LogP contribution is 2.14. The summed E-state index contributed by atoms with van der Waals surface area (Å²) in [7, 11) is 0. The maximum atomic E-state index is 12.8. The first kappa shape index (κ1) is 18.6. The van der Waals surface area contributed by atoms with E-state index in [1.165, 1.54) is 12.1 Å². The lowest BCUT2D eigenvalue weighted by Gasteiger charge is -2.08. The molecule has 0 bridgehead atoms. The van der Waals surface area contributed by atoms with Crippen LogP contribution in [0.4, 0.5) is 4.39 Å². The minimum atomic E-state index is -0.282. The predicted molar refractivity (Wildman–Crippen MR) is 102 cm³/mol. The average molecular weight is 367 g/mol. The Balaban J connectivity index is 1.42. The zero-order chi connectivity index (χ0) is 19.1. The summed E-state index contributed by atoms with van der Waals surface area (Å²) in [6, 6.07) is 15.6. The summed E-state index contributed by atoms with van der Waals surface area (Å²) in [5.74, 6) is 0.231. The predicted octanol–water partition coefficient (Wildman–Crippen LogP) is 3.91. The molecule has 0 atom stereocenters. The van der Waals surface area contributed by atoms with Crippen LogP contribution in [-0.2, 0) is 0 Å². The molecule has 1 aromatic heterocycles. The molecule has 0 radical (unpaired) electrons. The fourth-order valence-corrected chi connectivity index (χ4v) is 2.71. The van der Waals surface area contributed by atoms with Crippen molar-refractivity contribution in [3.8, 4) is 11.4 Å². The van der Waals surface area contributed by atoms with E-state index >= 15 is 0 Å². The van der Waals surface area contributed by atoms with Gasteiger partial charge in [-0.25, -0.2) is 9.07 Å². The normalized spacial score (nSPS) is 10.6. The Morgan fingerprint density at radius 3 is 2.59 bits per heavy atom. The second kappa shape index (κ2) is 8.98. The van der Waals surface area contributed by atoms with E-state index in [0.717, 1.165) is 24.2 Å². The number of benzene rings is 2. The summed E-state index contributed by atoms with van der Waals surface area (Å²) < 4.78 is 20.1. The first-order valence-corrected chi connectivity index (χ1v) is 8.92. The van der Waals surface area contributed by atoms with Gasteiger partial charge in [0, 0.05) is 6.54 Å². The Hall–Kier alpha value is -3.15. The third-order valence-corrected chi connectivity index (χ3v) is 4.19. The fraction of sp³-hybridized carbons (Fsp3) is 0.238. The van der Waals surface area contributed by atoms with Gasteiger partial charge in [0.2, 0.25) is 0 Å². The van der Waals surface area contributed by atoms with Crippen molar-refractivity contribution in [3.63, 3.8) is 0 Å². The van der Waals surface area contributed by atoms with Crippen molar-refractivity contribution in [1.29, 1.82) is 0 Å². The van der Waals surface area contributed by atoms with E-state index in [2.05, 4.69) is 10.4 Å². The van der Waals surface area contributed by atoms with Crippen LogP contribution in [0.1, 0.15) is 28.9 Å². The topological polar surface area (TPSA) is 56.1 Å². The largest absolute Gasteiger partial charge is 0.494 e. The fourth-order valence-electron chi connectivity index (χ4n) is 2.71. The van der Waals surface area contributed by atoms with Crippen LogP contribution in [0.5, 0.6) is 5.75 Å². The molecule has 3 rings (SSSR count). The first-order chi connectivity index (χ1) is 13.1. The van der Waals surface area contributed by atoms with Crippen molar-refractivity contribution < 1.29 is 13.9 Å². The van der Waals surface area contributed by atoms with E-state index in [9.17, 15) is 9.18 Å². The summed E-state index contributed by atoms with van der Waals surface area (Å²) in [5.41, 5.74) is 2.30. The van der Waals surface area contributed by atoms with E-state index in [1.807, 2.05) is 37.3 Å². The highest BCUT2D eigenvalue weighted by molar-refractivity contribution is 5.95. The molecule has 0 unspecified atom stereocenters. The molecule has 6 heteroatoms. The number of carbonyl (C=O) groups excluding carboxylic acids is 1. The molecule has 0 aliphatic heterocycles. The van der Waals surface area contributed by atoms with E-state index < -0.39 is 0 Å². The van der Waals surface area contributed by atoms with Gasteiger partial charge in [0.05, 0.1) is 29.7 Å². The maximum absolute atomic E-state index is 12.8. The minimum Gasteiger partial charge on any atom is -0.494 e. The van der Waals surface area contributed by atoms with Crippen molar-refractivity contribution in [1.82, 2.24) is 15.1 Å². The molecule has 1 heterocycles. The standard InChI is InChI=1S/C21H22FN3O2/c1-16-20(15-24-25(16)18-7-3-2-4-8-18)21(26)23-13-5-6-14-27-19-11-9-17(22)10-12-19/h2-4,7-12,15H,5-6,13-14H2,1H3,(H,23,26).